The fraction of sp³-hybridized carbons (Fsp3) is 0.667. The summed E-state index contributed by atoms with van der Waals surface area (Å²) < 4.78 is 10.6. The molecule has 1 atom stereocenters. The van der Waals surface area contributed by atoms with Crippen molar-refractivity contribution in [2.45, 2.75) is 44.6 Å². The zero-order valence-electron chi connectivity index (χ0n) is 19.3. The molecule has 1 aromatic rings. The van der Waals surface area contributed by atoms with Gasteiger partial charge in [-0.2, -0.15) is 0 Å². The first-order chi connectivity index (χ1) is 15.6. The van der Waals surface area contributed by atoms with E-state index in [4.69, 9.17) is 9.47 Å². The highest BCUT2D eigenvalue weighted by Gasteiger charge is 2.39. The average molecular weight is 445 g/mol. The van der Waals surface area contributed by atoms with E-state index in [1.165, 1.54) is 19.3 Å². The van der Waals surface area contributed by atoms with Crippen molar-refractivity contribution in [1.82, 2.24) is 14.7 Å². The van der Waals surface area contributed by atoms with E-state index in [1.807, 2.05) is 4.90 Å². The zero-order valence-corrected chi connectivity index (χ0v) is 19.3. The van der Waals surface area contributed by atoms with E-state index in [9.17, 15) is 9.59 Å². The molecule has 3 amide bonds. The molecule has 1 unspecified atom stereocenters. The van der Waals surface area contributed by atoms with Crippen molar-refractivity contribution in [2.24, 2.45) is 5.92 Å². The van der Waals surface area contributed by atoms with Crippen molar-refractivity contribution in [2.75, 3.05) is 58.8 Å². The van der Waals surface area contributed by atoms with Gasteiger partial charge in [0.25, 0.3) is 0 Å². The zero-order chi connectivity index (χ0) is 22.5. The Hall–Kier alpha value is -2.48. The lowest BCUT2D eigenvalue weighted by molar-refractivity contribution is -0.135. The third-order valence-electron chi connectivity index (χ3n) is 6.84. The number of nitrogens with one attached hydrogen (secondary N) is 1. The molecule has 2 aliphatic heterocycles. The Morgan fingerprint density at radius 2 is 1.78 bits per heavy atom. The maximum absolute atomic E-state index is 13.0. The fourth-order valence-corrected chi connectivity index (χ4v) is 4.77. The number of amides is 3. The molecule has 1 N–H and O–H groups in total. The minimum atomic E-state index is -0.144. The number of rotatable bonds is 8. The molecule has 1 aromatic carbocycles. The molecule has 4 rings (SSSR count). The van der Waals surface area contributed by atoms with Crippen molar-refractivity contribution in [3.05, 3.63) is 18.2 Å². The average Bonchev–Trinajstić information content (AvgIpc) is 3.56. The fourth-order valence-electron chi connectivity index (χ4n) is 4.77. The number of likely N-dealkylation sites (tertiary alicyclic amines) is 2. The number of nitrogens with zero attached hydrogens (tertiary/aromatic N) is 3. The van der Waals surface area contributed by atoms with Crippen molar-refractivity contribution in [1.29, 1.82) is 0 Å². The molecule has 1 aliphatic carbocycles. The van der Waals surface area contributed by atoms with Gasteiger partial charge in [-0.15, -0.1) is 0 Å². The third-order valence-corrected chi connectivity index (χ3v) is 6.84. The summed E-state index contributed by atoms with van der Waals surface area (Å²) in [5.74, 6) is 1.68. The number of ether oxygens (including phenoxy) is 2. The molecule has 3 fully saturated rings. The van der Waals surface area contributed by atoms with E-state index in [0.717, 1.165) is 45.4 Å². The van der Waals surface area contributed by atoms with Gasteiger partial charge in [0.2, 0.25) is 5.91 Å². The van der Waals surface area contributed by atoms with Gasteiger partial charge in [-0.3, -0.25) is 4.79 Å². The Labute approximate surface area is 190 Å². The van der Waals surface area contributed by atoms with Crippen LogP contribution in [0.5, 0.6) is 11.5 Å². The van der Waals surface area contributed by atoms with Gasteiger partial charge in [0.1, 0.15) is 0 Å². The summed E-state index contributed by atoms with van der Waals surface area (Å²) in [6.45, 7) is 5.21. The Morgan fingerprint density at radius 3 is 2.47 bits per heavy atom. The van der Waals surface area contributed by atoms with Gasteiger partial charge in [0, 0.05) is 43.9 Å². The van der Waals surface area contributed by atoms with Gasteiger partial charge >= 0.3 is 6.03 Å². The van der Waals surface area contributed by atoms with Gasteiger partial charge in [-0.25, -0.2) is 4.79 Å². The molecule has 0 bridgehead atoms. The van der Waals surface area contributed by atoms with Gasteiger partial charge in [0.05, 0.1) is 20.3 Å². The molecule has 2 heterocycles. The molecule has 8 heteroatoms. The molecule has 0 radical (unpaired) electrons. The van der Waals surface area contributed by atoms with Gasteiger partial charge in [0.15, 0.2) is 11.5 Å². The topological polar surface area (TPSA) is 74.4 Å². The quantitative estimate of drug-likeness (QED) is 0.667. The molecule has 8 nitrogen and oxygen atoms in total. The molecule has 1 saturated carbocycles. The van der Waals surface area contributed by atoms with Crippen LogP contribution in [0.1, 0.15) is 38.5 Å². The second-order valence-electron chi connectivity index (χ2n) is 9.10. The summed E-state index contributed by atoms with van der Waals surface area (Å²) in [4.78, 5) is 32.3. The van der Waals surface area contributed by atoms with E-state index >= 15 is 0 Å². The molecule has 176 valence electrons. The highest BCUT2D eigenvalue weighted by atomic mass is 16.5. The van der Waals surface area contributed by atoms with Gasteiger partial charge in [-0.05, 0) is 57.3 Å². The van der Waals surface area contributed by atoms with Crippen molar-refractivity contribution < 1.29 is 19.1 Å². The maximum Gasteiger partial charge on any atom is 0.321 e. The minimum absolute atomic E-state index is 0.101. The van der Waals surface area contributed by atoms with E-state index in [0.29, 0.717) is 30.3 Å². The summed E-state index contributed by atoms with van der Waals surface area (Å²) in [5.41, 5.74) is 0.659. The first-order valence-corrected chi connectivity index (χ1v) is 11.9. The van der Waals surface area contributed by atoms with Gasteiger partial charge < -0.3 is 29.5 Å². The molecule has 32 heavy (non-hydrogen) atoms. The van der Waals surface area contributed by atoms with E-state index in [1.54, 1.807) is 32.4 Å². The number of hydrogen-bond acceptors (Lipinski definition) is 5. The van der Waals surface area contributed by atoms with E-state index in [2.05, 4.69) is 15.1 Å². The number of methoxy groups -OCH3 is 2. The smallest absolute Gasteiger partial charge is 0.321 e. The van der Waals surface area contributed by atoms with Crippen LogP contribution in [0.4, 0.5) is 10.5 Å². The number of carbonyl (C=O) groups excluding carboxylic acids is 2. The predicted octanol–water partition coefficient (Wildman–Crippen LogP) is 3.03. The van der Waals surface area contributed by atoms with Crippen LogP contribution in [0.15, 0.2) is 18.2 Å². The van der Waals surface area contributed by atoms with Crippen LogP contribution >= 0.6 is 0 Å². The largest absolute Gasteiger partial charge is 0.493 e. The highest BCUT2D eigenvalue weighted by molar-refractivity contribution is 5.90. The first-order valence-electron chi connectivity index (χ1n) is 11.9. The van der Waals surface area contributed by atoms with E-state index in [-0.39, 0.29) is 23.9 Å². The van der Waals surface area contributed by atoms with Crippen LogP contribution in [-0.2, 0) is 4.79 Å². The second-order valence-corrected chi connectivity index (χ2v) is 9.10. The van der Waals surface area contributed by atoms with E-state index < -0.39 is 0 Å². The lowest BCUT2D eigenvalue weighted by Gasteiger charge is -2.33. The van der Waals surface area contributed by atoms with Gasteiger partial charge in [-0.1, -0.05) is 6.42 Å². The number of anilines is 1. The van der Waals surface area contributed by atoms with Crippen molar-refractivity contribution >= 4 is 17.6 Å². The summed E-state index contributed by atoms with van der Waals surface area (Å²) in [6, 6.07) is 5.29. The number of carbonyl (C=O) groups is 2. The standard InChI is InChI=1S/C24H36N4O4/c1-31-21-9-8-19(16-22(21)32-2)25-24(30)27-13-10-20(17-27)28(23(29)18-6-7-18)15-14-26-11-4-3-5-12-26/h8-9,16,18,20H,3-7,10-15,17H2,1-2H3,(H,25,30). The highest BCUT2D eigenvalue weighted by Crippen LogP contribution is 2.33. The van der Waals surface area contributed by atoms with Crippen LogP contribution in [0.25, 0.3) is 0 Å². The Kier molecular flexibility index (Phi) is 7.40. The summed E-state index contributed by atoms with van der Waals surface area (Å²) in [5, 5.41) is 2.96. The van der Waals surface area contributed by atoms with Crippen LogP contribution in [0.2, 0.25) is 0 Å². The second kappa shape index (κ2) is 10.4. The van der Waals surface area contributed by atoms with Crippen molar-refractivity contribution in [3.63, 3.8) is 0 Å². The number of hydrogen-bond donors (Lipinski definition) is 1. The number of piperidine rings is 1. The van der Waals surface area contributed by atoms with Crippen LogP contribution in [-0.4, -0.2) is 86.2 Å². The first kappa shape index (κ1) is 22.7. The predicted molar refractivity (Wildman–Crippen MR) is 123 cm³/mol. The summed E-state index contributed by atoms with van der Waals surface area (Å²) in [7, 11) is 3.16. The lowest BCUT2D eigenvalue weighted by atomic mass is 10.1. The molecular formula is C24H36N4O4. The van der Waals surface area contributed by atoms with Crippen molar-refractivity contribution in [3.8, 4) is 11.5 Å². The Balaban J connectivity index is 1.35. The summed E-state index contributed by atoms with van der Waals surface area (Å²) >= 11 is 0. The third kappa shape index (κ3) is 5.46. The monoisotopic (exact) mass is 444 g/mol. The molecule has 0 spiro atoms. The molecule has 3 aliphatic rings. The van der Waals surface area contributed by atoms with Crippen LogP contribution < -0.4 is 14.8 Å². The van der Waals surface area contributed by atoms with Crippen LogP contribution in [0, 0.1) is 5.92 Å². The lowest BCUT2D eigenvalue weighted by Crippen LogP contribution is -2.47. The van der Waals surface area contributed by atoms with Crippen LogP contribution in [0.3, 0.4) is 0 Å². The molecular weight excluding hydrogens is 408 g/mol. The maximum atomic E-state index is 13.0. The SMILES string of the molecule is COc1ccc(NC(=O)N2CCC(N(CCN3CCCCC3)C(=O)C3CC3)C2)cc1OC. The normalized spacial score (nSPS) is 21.3. The molecule has 2 saturated heterocycles. The minimum Gasteiger partial charge on any atom is -0.493 e. The Morgan fingerprint density at radius 1 is 1.03 bits per heavy atom. The number of benzene rings is 1. The molecule has 0 aromatic heterocycles. The Bertz CT molecular complexity index is 807. The summed E-state index contributed by atoms with van der Waals surface area (Å²) in [6.07, 6.45) is 6.67. The number of urea groups is 1.